The quantitative estimate of drug-likeness (QED) is 0.670. The lowest BCUT2D eigenvalue weighted by Gasteiger charge is -2.34. The summed E-state index contributed by atoms with van der Waals surface area (Å²) in [5.74, 6) is -1.36. The van der Waals surface area contributed by atoms with E-state index in [2.05, 4.69) is 26.6 Å². The average molecular weight is 455 g/mol. The van der Waals surface area contributed by atoms with Gasteiger partial charge in [-0.1, -0.05) is 40.2 Å². The summed E-state index contributed by atoms with van der Waals surface area (Å²) in [5.41, 5.74) is 3.61. The molecule has 0 spiro atoms. The van der Waals surface area contributed by atoms with Gasteiger partial charge >= 0.3 is 0 Å². The van der Waals surface area contributed by atoms with Crippen molar-refractivity contribution in [2.75, 3.05) is 5.32 Å². The van der Waals surface area contributed by atoms with Crippen LogP contribution in [0.2, 0.25) is 0 Å². The molecule has 2 aliphatic rings. The number of benzene rings is 2. The van der Waals surface area contributed by atoms with Crippen LogP contribution in [0.25, 0.3) is 0 Å². The molecule has 1 aliphatic carbocycles. The Labute approximate surface area is 177 Å². The van der Waals surface area contributed by atoms with Gasteiger partial charge in [-0.15, -0.1) is 0 Å². The molecule has 0 bridgehead atoms. The lowest BCUT2D eigenvalue weighted by atomic mass is 9.75. The van der Waals surface area contributed by atoms with Crippen LogP contribution in [0.15, 0.2) is 75.5 Å². The summed E-state index contributed by atoms with van der Waals surface area (Å²) in [5, 5.41) is 5.94. The van der Waals surface area contributed by atoms with Crippen molar-refractivity contribution in [3.8, 4) is 0 Å². The number of para-hydroxylation sites is 1. The number of halogens is 2. The zero-order chi connectivity index (χ0) is 20.5. The molecule has 6 heteroatoms. The Morgan fingerprint density at radius 1 is 1.14 bits per heavy atom. The third-order valence-electron chi connectivity index (χ3n) is 5.35. The van der Waals surface area contributed by atoms with E-state index < -0.39 is 17.6 Å². The molecule has 0 saturated heterocycles. The second kappa shape index (κ2) is 7.95. The molecule has 0 fully saturated rings. The third-order valence-corrected chi connectivity index (χ3v) is 5.87. The van der Waals surface area contributed by atoms with Gasteiger partial charge in [-0.05, 0) is 49.6 Å². The van der Waals surface area contributed by atoms with Crippen LogP contribution < -0.4 is 10.6 Å². The normalized spacial score (nSPS) is 19.0. The van der Waals surface area contributed by atoms with Gasteiger partial charge in [0.1, 0.15) is 5.82 Å². The van der Waals surface area contributed by atoms with E-state index in [4.69, 9.17) is 0 Å². The topological polar surface area (TPSA) is 58.2 Å². The predicted molar refractivity (Wildman–Crippen MR) is 114 cm³/mol. The molecular weight excluding hydrogens is 435 g/mol. The number of ketones is 1. The second-order valence-electron chi connectivity index (χ2n) is 7.25. The number of carbonyl (C=O) groups is 2. The van der Waals surface area contributed by atoms with E-state index in [-0.39, 0.29) is 11.5 Å². The van der Waals surface area contributed by atoms with Crippen molar-refractivity contribution in [1.29, 1.82) is 0 Å². The highest BCUT2D eigenvalue weighted by Crippen LogP contribution is 2.42. The molecule has 1 atom stereocenters. The monoisotopic (exact) mass is 454 g/mol. The highest BCUT2D eigenvalue weighted by Gasteiger charge is 2.38. The van der Waals surface area contributed by atoms with Crippen LogP contribution in [-0.4, -0.2) is 11.7 Å². The number of dihydropyridines is 1. The van der Waals surface area contributed by atoms with E-state index in [0.717, 1.165) is 28.6 Å². The van der Waals surface area contributed by atoms with Crippen LogP contribution >= 0.6 is 15.9 Å². The molecule has 4 nitrogen and oxygen atoms in total. The molecule has 29 heavy (non-hydrogen) atoms. The Morgan fingerprint density at radius 2 is 1.86 bits per heavy atom. The fourth-order valence-electron chi connectivity index (χ4n) is 4.03. The van der Waals surface area contributed by atoms with Gasteiger partial charge in [0.25, 0.3) is 5.91 Å². The lowest BCUT2D eigenvalue weighted by molar-refractivity contribution is -0.116. The first kappa shape index (κ1) is 19.6. The summed E-state index contributed by atoms with van der Waals surface area (Å²) in [6.45, 7) is 1.82. The Balaban J connectivity index is 1.79. The summed E-state index contributed by atoms with van der Waals surface area (Å²) >= 11 is 3.43. The van der Waals surface area contributed by atoms with Crippen molar-refractivity contribution in [2.24, 2.45) is 0 Å². The van der Waals surface area contributed by atoms with Crippen molar-refractivity contribution >= 4 is 33.3 Å². The zero-order valence-electron chi connectivity index (χ0n) is 15.9. The van der Waals surface area contributed by atoms with Gasteiger partial charge in [-0.25, -0.2) is 4.39 Å². The van der Waals surface area contributed by atoms with E-state index in [1.165, 1.54) is 12.1 Å². The molecular formula is C23H20BrFN2O2. The van der Waals surface area contributed by atoms with Crippen molar-refractivity contribution < 1.29 is 14.0 Å². The van der Waals surface area contributed by atoms with Crippen molar-refractivity contribution in [3.63, 3.8) is 0 Å². The number of rotatable bonds is 3. The van der Waals surface area contributed by atoms with E-state index in [9.17, 15) is 14.0 Å². The SMILES string of the molecule is CC1=C(C(=O)Nc2ccccc2F)C(c2ccc(Br)cc2)C2=C(CCCC2=O)N1. The predicted octanol–water partition coefficient (Wildman–Crippen LogP) is 5.19. The molecule has 0 aromatic heterocycles. The fraction of sp³-hybridized carbons (Fsp3) is 0.217. The lowest BCUT2D eigenvalue weighted by Crippen LogP contribution is -2.35. The molecule has 0 radical (unpaired) electrons. The molecule has 1 aliphatic heterocycles. The molecule has 1 unspecified atom stereocenters. The van der Waals surface area contributed by atoms with Gasteiger partial charge in [-0.2, -0.15) is 0 Å². The van der Waals surface area contributed by atoms with Crippen molar-refractivity contribution in [3.05, 3.63) is 86.9 Å². The van der Waals surface area contributed by atoms with Crippen LogP contribution in [0, 0.1) is 5.82 Å². The maximum absolute atomic E-state index is 14.1. The van der Waals surface area contributed by atoms with E-state index >= 15 is 0 Å². The maximum atomic E-state index is 14.1. The minimum atomic E-state index is -0.503. The summed E-state index contributed by atoms with van der Waals surface area (Å²) in [6, 6.07) is 13.7. The smallest absolute Gasteiger partial charge is 0.254 e. The second-order valence-corrected chi connectivity index (χ2v) is 8.17. The first-order valence-corrected chi connectivity index (χ1v) is 10.3. The van der Waals surface area contributed by atoms with Crippen LogP contribution in [0.4, 0.5) is 10.1 Å². The van der Waals surface area contributed by atoms with Gasteiger partial charge in [0.05, 0.1) is 5.69 Å². The van der Waals surface area contributed by atoms with E-state index in [1.807, 2.05) is 31.2 Å². The largest absolute Gasteiger partial charge is 0.362 e. The van der Waals surface area contributed by atoms with Gasteiger partial charge in [0.2, 0.25) is 0 Å². The molecule has 2 N–H and O–H groups in total. The molecule has 0 saturated carbocycles. The van der Waals surface area contributed by atoms with Crippen LogP contribution in [0.5, 0.6) is 0 Å². The van der Waals surface area contributed by atoms with Gasteiger partial charge in [0.15, 0.2) is 5.78 Å². The number of carbonyl (C=O) groups excluding carboxylic acids is 2. The Hall–Kier alpha value is -2.73. The average Bonchev–Trinajstić information content (AvgIpc) is 2.69. The number of nitrogens with one attached hydrogen (secondary N) is 2. The first-order valence-electron chi connectivity index (χ1n) is 9.51. The minimum absolute atomic E-state index is 0.0513. The van der Waals surface area contributed by atoms with Crippen LogP contribution in [0.3, 0.4) is 0 Å². The van der Waals surface area contributed by atoms with Gasteiger partial charge < -0.3 is 10.6 Å². The van der Waals surface area contributed by atoms with E-state index in [1.54, 1.807) is 12.1 Å². The molecule has 4 rings (SSSR count). The molecule has 2 aromatic carbocycles. The standard InChI is InChI=1S/C23H20BrFN2O2/c1-13-20(23(29)27-17-6-3-2-5-16(17)25)21(14-9-11-15(24)12-10-14)22-18(26-13)7-4-8-19(22)28/h2-3,5-6,9-12,21,26H,4,7-8H2,1H3,(H,27,29). The van der Waals surface area contributed by atoms with Crippen LogP contribution in [0.1, 0.15) is 37.7 Å². The summed E-state index contributed by atoms with van der Waals surface area (Å²) in [4.78, 5) is 26.1. The summed E-state index contributed by atoms with van der Waals surface area (Å²) in [7, 11) is 0. The van der Waals surface area contributed by atoms with E-state index in [0.29, 0.717) is 23.3 Å². The number of hydrogen-bond acceptors (Lipinski definition) is 3. The first-order chi connectivity index (χ1) is 14.0. The van der Waals surface area contributed by atoms with Gasteiger partial charge in [0, 0.05) is 39.4 Å². The Morgan fingerprint density at radius 3 is 2.59 bits per heavy atom. The number of anilines is 1. The zero-order valence-corrected chi connectivity index (χ0v) is 17.5. The Kier molecular flexibility index (Phi) is 5.37. The summed E-state index contributed by atoms with van der Waals surface area (Å²) in [6.07, 6.45) is 2.03. The Bertz CT molecular complexity index is 1060. The molecule has 1 heterocycles. The number of allylic oxidation sites excluding steroid dienone is 3. The third kappa shape index (κ3) is 3.77. The molecule has 2 aromatic rings. The highest BCUT2D eigenvalue weighted by atomic mass is 79.9. The maximum Gasteiger partial charge on any atom is 0.254 e. The number of amides is 1. The van der Waals surface area contributed by atoms with Gasteiger partial charge in [-0.3, -0.25) is 9.59 Å². The van der Waals surface area contributed by atoms with Crippen LogP contribution in [-0.2, 0) is 9.59 Å². The minimum Gasteiger partial charge on any atom is -0.362 e. The summed E-state index contributed by atoms with van der Waals surface area (Å²) < 4.78 is 15.0. The van der Waals surface area contributed by atoms with Crippen molar-refractivity contribution in [1.82, 2.24) is 5.32 Å². The molecule has 148 valence electrons. The fourth-order valence-corrected chi connectivity index (χ4v) is 4.29. The number of hydrogen-bond donors (Lipinski definition) is 2. The number of Topliss-reactive ketones (excluding diaryl/α,β-unsaturated/α-hetero) is 1. The molecule has 1 amide bonds. The highest BCUT2D eigenvalue weighted by molar-refractivity contribution is 9.10. The van der Waals surface area contributed by atoms with Crippen molar-refractivity contribution in [2.45, 2.75) is 32.1 Å².